The molecule has 4 nitrogen and oxygen atoms in total. The van der Waals surface area contributed by atoms with E-state index in [4.69, 9.17) is 22.4 Å². The van der Waals surface area contributed by atoms with Gasteiger partial charge < -0.3 is 15.5 Å². The highest BCUT2D eigenvalue weighted by Crippen LogP contribution is 2.33. The number of rotatable bonds is 4. The molecular weight excluding hydrogens is 260 g/mol. The molecule has 1 heterocycles. The lowest BCUT2D eigenvalue weighted by molar-refractivity contribution is 0.0944. The Hall–Kier alpha value is -1.88. The fourth-order valence-corrected chi connectivity index (χ4v) is 2.47. The van der Waals surface area contributed by atoms with Crippen molar-refractivity contribution in [3.63, 3.8) is 0 Å². The Morgan fingerprint density at radius 2 is 2.16 bits per heavy atom. The van der Waals surface area contributed by atoms with E-state index in [1.165, 1.54) is 6.26 Å². The molecule has 19 heavy (non-hydrogen) atoms. The molecule has 2 aromatic rings. The zero-order valence-corrected chi connectivity index (χ0v) is 11.1. The highest BCUT2D eigenvalue weighted by atomic mass is 32.1. The summed E-state index contributed by atoms with van der Waals surface area (Å²) < 4.78 is 5.36. The Bertz CT molecular complexity index is 646. The van der Waals surface area contributed by atoms with Crippen LogP contribution in [0.25, 0.3) is 11.0 Å². The van der Waals surface area contributed by atoms with Gasteiger partial charge in [-0.2, -0.15) is 0 Å². The molecule has 98 valence electrons. The number of furan rings is 1. The third-order valence-electron chi connectivity index (χ3n) is 3.41. The van der Waals surface area contributed by atoms with Gasteiger partial charge in [0.05, 0.1) is 16.6 Å². The zero-order valence-electron chi connectivity index (χ0n) is 10.3. The van der Waals surface area contributed by atoms with E-state index in [0.717, 1.165) is 18.2 Å². The number of amides is 1. The van der Waals surface area contributed by atoms with Gasteiger partial charge in [-0.25, -0.2) is 0 Å². The summed E-state index contributed by atoms with van der Waals surface area (Å²) in [5.74, 6) is 0.203. The number of benzene rings is 1. The standard InChI is InChI=1S/C14H14N2O2S/c15-13(19)12(8-5-6-8)16-14(17)10-7-18-11-4-2-1-3-9(10)11/h1-4,7-8,12H,5-6H2,(H2,15,19)(H,16,17). The first kappa shape index (κ1) is 12.2. The van der Waals surface area contributed by atoms with E-state index in [-0.39, 0.29) is 11.9 Å². The van der Waals surface area contributed by atoms with Gasteiger partial charge in [0.1, 0.15) is 11.8 Å². The lowest BCUT2D eigenvalue weighted by atomic mass is 10.1. The molecule has 0 bridgehead atoms. The van der Waals surface area contributed by atoms with E-state index in [9.17, 15) is 4.79 Å². The van der Waals surface area contributed by atoms with Crippen molar-refractivity contribution >= 4 is 34.1 Å². The molecule has 3 rings (SSSR count). The Balaban J connectivity index is 1.85. The Morgan fingerprint density at radius 3 is 2.84 bits per heavy atom. The van der Waals surface area contributed by atoms with Crippen LogP contribution in [0.3, 0.4) is 0 Å². The molecule has 0 radical (unpaired) electrons. The van der Waals surface area contributed by atoms with Gasteiger partial charge in [-0.05, 0) is 24.8 Å². The third-order valence-corrected chi connectivity index (χ3v) is 3.67. The molecule has 1 unspecified atom stereocenters. The van der Waals surface area contributed by atoms with Crippen molar-refractivity contribution in [2.45, 2.75) is 18.9 Å². The average molecular weight is 274 g/mol. The maximum Gasteiger partial charge on any atom is 0.255 e. The first-order valence-corrected chi connectivity index (χ1v) is 6.64. The van der Waals surface area contributed by atoms with Crippen LogP contribution in [0.4, 0.5) is 0 Å². The van der Waals surface area contributed by atoms with E-state index in [1.54, 1.807) is 0 Å². The van der Waals surface area contributed by atoms with Crippen LogP contribution in [0.5, 0.6) is 0 Å². The van der Waals surface area contributed by atoms with Crippen molar-refractivity contribution in [3.8, 4) is 0 Å². The van der Waals surface area contributed by atoms with Crippen molar-refractivity contribution < 1.29 is 9.21 Å². The summed E-state index contributed by atoms with van der Waals surface area (Å²) in [5.41, 5.74) is 6.91. The largest absolute Gasteiger partial charge is 0.463 e. The predicted molar refractivity (Wildman–Crippen MR) is 77.0 cm³/mol. The highest BCUT2D eigenvalue weighted by molar-refractivity contribution is 7.80. The van der Waals surface area contributed by atoms with Crippen molar-refractivity contribution in [3.05, 3.63) is 36.1 Å². The van der Waals surface area contributed by atoms with Crippen LogP contribution in [0, 0.1) is 5.92 Å². The third kappa shape index (κ3) is 2.33. The van der Waals surface area contributed by atoms with Gasteiger partial charge in [0.2, 0.25) is 0 Å². The Labute approximate surface area is 116 Å². The van der Waals surface area contributed by atoms with E-state index >= 15 is 0 Å². The molecule has 1 atom stereocenters. The number of carbonyl (C=O) groups excluding carboxylic acids is 1. The summed E-state index contributed by atoms with van der Waals surface area (Å²) in [5, 5.41) is 3.71. The van der Waals surface area contributed by atoms with Gasteiger partial charge in [0, 0.05) is 5.39 Å². The van der Waals surface area contributed by atoms with E-state index < -0.39 is 0 Å². The second kappa shape index (κ2) is 4.66. The second-order valence-corrected chi connectivity index (χ2v) is 5.31. The number of fused-ring (bicyclic) bond motifs is 1. The lowest BCUT2D eigenvalue weighted by Crippen LogP contribution is -2.44. The summed E-state index contributed by atoms with van der Waals surface area (Å²) in [7, 11) is 0. The van der Waals surface area contributed by atoms with Crippen molar-refractivity contribution in [1.29, 1.82) is 0 Å². The quantitative estimate of drug-likeness (QED) is 0.839. The molecular formula is C14H14N2O2S. The first-order valence-electron chi connectivity index (χ1n) is 6.23. The second-order valence-electron chi connectivity index (χ2n) is 4.84. The average Bonchev–Trinajstić information content (AvgIpc) is 3.14. The van der Waals surface area contributed by atoms with Crippen LogP contribution in [0.15, 0.2) is 34.9 Å². The maximum atomic E-state index is 12.3. The minimum absolute atomic E-state index is 0.186. The van der Waals surface area contributed by atoms with Gasteiger partial charge >= 0.3 is 0 Å². The van der Waals surface area contributed by atoms with E-state index in [0.29, 0.717) is 22.1 Å². The topological polar surface area (TPSA) is 68.3 Å². The van der Waals surface area contributed by atoms with Crippen LogP contribution < -0.4 is 11.1 Å². The SMILES string of the molecule is NC(=S)C(NC(=O)c1coc2ccccc12)C1CC1. The smallest absolute Gasteiger partial charge is 0.255 e. The number of hydrogen-bond donors (Lipinski definition) is 2. The van der Waals surface area contributed by atoms with Crippen LogP contribution in [-0.2, 0) is 0 Å². The molecule has 0 saturated heterocycles. The molecule has 1 aromatic carbocycles. The van der Waals surface area contributed by atoms with Gasteiger partial charge in [-0.1, -0.05) is 30.4 Å². The molecule has 5 heteroatoms. The molecule has 1 fully saturated rings. The van der Waals surface area contributed by atoms with E-state index in [2.05, 4.69) is 5.32 Å². The monoisotopic (exact) mass is 274 g/mol. The van der Waals surface area contributed by atoms with Gasteiger partial charge in [-0.15, -0.1) is 0 Å². The Morgan fingerprint density at radius 1 is 1.42 bits per heavy atom. The molecule has 1 aliphatic carbocycles. The summed E-state index contributed by atoms with van der Waals surface area (Å²) in [6, 6.07) is 7.23. The van der Waals surface area contributed by atoms with Crippen LogP contribution >= 0.6 is 12.2 Å². The van der Waals surface area contributed by atoms with Crippen LogP contribution in [0.1, 0.15) is 23.2 Å². The minimum atomic E-state index is -0.212. The number of hydrogen-bond acceptors (Lipinski definition) is 3. The van der Waals surface area contributed by atoms with E-state index in [1.807, 2.05) is 24.3 Å². The van der Waals surface area contributed by atoms with Gasteiger partial charge in [-0.3, -0.25) is 4.79 Å². The number of para-hydroxylation sites is 1. The zero-order chi connectivity index (χ0) is 13.4. The fraction of sp³-hybridized carbons (Fsp3) is 0.286. The molecule has 1 saturated carbocycles. The lowest BCUT2D eigenvalue weighted by Gasteiger charge is -2.16. The number of carbonyl (C=O) groups is 1. The maximum absolute atomic E-state index is 12.3. The van der Waals surface area contributed by atoms with Gasteiger partial charge in [0.25, 0.3) is 5.91 Å². The van der Waals surface area contributed by atoms with Crippen molar-refractivity contribution in [2.75, 3.05) is 0 Å². The molecule has 1 aliphatic rings. The van der Waals surface area contributed by atoms with Gasteiger partial charge in [0.15, 0.2) is 0 Å². The summed E-state index contributed by atoms with van der Waals surface area (Å²) in [4.78, 5) is 12.6. The molecule has 1 aromatic heterocycles. The van der Waals surface area contributed by atoms with Crippen molar-refractivity contribution in [1.82, 2.24) is 5.32 Å². The first-order chi connectivity index (χ1) is 9.16. The molecule has 1 amide bonds. The summed E-state index contributed by atoms with van der Waals surface area (Å²) in [6.45, 7) is 0. The van der Waals surface area contributed by atoms with Crippen LogP contribution in [-0.4, -0.2) is 16.9 Å². The fourth-order valence-electron chi connectivity index (χ4n) is 2.22. The molecule has 0 spiro atoms. The molecule has 3 N–H and O–H groups in total. The molecule has 0 aliphatic heterocycles. The summed E-state index contributed by atoms with van der Waals surface area (Å²) >= 11 is 5.02. The number of nitrogens with two attached hydrogens (primary N) is 1. The minimum Gasteiger partial charge on any atom is -0.463 e. The predicted octanol–water partition coefficient (Wildman–Crippen LogP) is 2.23. The number of thiocarbonyl (C=S) groups is 1. The Kier molecular flexibility index (Phi) is 2.98. The van der Waals surface area contributed by atoms with Crippen molar-refractivity contribution in [2.24, 2.45) is 11.7 Å². The normalized spacial score (nSPS) is 16.2. The highest BCUT2D eigenvalue weighted by Gasteiger charge is 2.34. The summed E-state index contributed by atoms with van der Waals surface area (Å²) in [6.07, 6.45) is 3.60. The number of nitrogens with one attached hydrogen (secondary N) is 1. The van der Waals surface area contributed by atoms with Crippen LogP contribution in [0.2, 0.25) is 0 Å².